The van der Waals surface area contributed by atoms with Crippen LogP contribution in [-0.4, -0.2) is 14.8 Å². The second kappa shape index (κ2) is 5.50. The first-order valence-corrected chi connectivity index (χ1v) is 6.43. The van der Waals surface area contributed by atoms with E-state index in [1.807, 2.05) is 25.1 Å². The molecular formula is C13H17ClN4. The molecule has 0 fully saturated rings. The number of rotatable bonds is 4. The van der Waals surface area contributed by atoms with Crippen LogP contribution in [0, 0.1) is 6.92 Å². The average Bonchev–Trinajstić information content (AvgIpc) is 2.73. The zero-order valence-electron chi connectivity index (χ0n) is 10.7. The van der Waals surface area contributed by atoms with Gasteiger partial charge in [0.2, 0.25) is 0 Å². The highest BCUT2D eigenvalue weighted by molar-refractivity contribution is 6.30. The summed E-state index contributed by atoms with van der Waals surface area (Å²) in [6, 6.07) is 5.79. The van der Waals surface area contributed by atoms with Gasteiger partial charge in [-0.1, -0.05) is 18.5 Å². The predicted octanol–water partition coefficient (Wildman–Crippen LogP) is 2.78. The van der Waals surface area contributed by atoms with E-state index in [4.69, 9.17) is 17.3 Å². The Labute approximate surface area is 112 Å². The maximum atomic E-state index is 5.98. The zero-order chi connectivity index (χ0) is 13.1. The van der Waals surface area contributed by atoms with Crippen molar-refractivity contribution in [1.82, 2.24) is 14.8 Å². The number of aromatic nitrogens is 3. The fourth-order valence-corrected chi connectivity index (χ4v) is 2.25. The van der Waals surface area contributed by atoms with Crippen LogP contribution in [0.3, 0.4) is 0 Å². The van der Waals surface area contributed by atoms with Gasteiger partial charge in [0.25, 0.3) is 0 Å². The number of aryl methyl sites for hydroxylation is 1. The fourth-order valence-electron chi connectivity index (χ4n) is 2.02. The molecule has 1 heterocycles. The van der Waals surface area contributed by atoms with Gasteiger partial charge in [0.15, 0.2) is 5.82 Å². The van der Waals surface area contributed by atoms with Gasteiger partial charge in [0, 0.05) is 17.1 Å². The van der Waals surface area contributed by atoms with E-state index in [0.29, 0.717) is 6.54 Å². The quantitative estimate of drug-likeness (QED) is 0.924. The maximum absolute atomic E-state index is 5.98. The molecule has 0 aliphatic rings. The molecule has 2 rings (SSSR count). The molecule has 1 aromatic heterocycles. The molecule has 0 unspecified atom stereocenters. The number of nitrogens with two attached hydrogens (primary N) is 1. The lowest BCUT2D eigenvalue weighted by molar-refractivity contribution is 0.643. The molecule has 96 valence electrons. The Morgan fingerprint density at radius 2 is 2.11 bits per heavy atom. The standard InChI is InChI=1S/C13H17ClN4/c1-3-6-18-12(8-15)16-17-13(18)11-5-4-10(14)7-9(11)2/h4-5,7H,3,6,8,15H2,1-2H3. The predicted molar refractivity (Wildman–Crippen MR) is 73.4 cm³/mol. The van der Waals surface area contributed by atoms with E-state index < -0.39 is 0 Å². The largest absolute Gasteiger partial charge is 0.324 e. The number of hydrogen-bond donors (Lipinski definition) is 1. The first kappa shape index (κ1) is 13.1. The summed E-state index contributed by atoms with van der Waals surface area (Å²) in [5.41, 5.74) is 7.84. The number of halogens is 1. The van der Waals surface area contributed by atoms with E-state index in [0.717, 1.165) is 40.8 Å². The Balaban J connectivity index is 2.52. The molecule has 2 N–H and O–H groups in total. The van der Waals surface area contributed by atoms with Crippen molar-refractivity contribution in [2.24, 2.45) is 5.73 Å². The smallest absolute Gasteiger partial charge is 0.164 e. The first-order chi connectivity index (χ1) is 8.67. The van der Waals surface area contributed by atoms with Crippen LogP contribution in [0.4, 0.5) is 0 Å². The lowest BCUT2D eigenvalue weighted by Gasteiger charge is -2.10. The Morgan fingerprint density at radius 1 is 1.33 bits per heavy atom. The van der Waals surface area contributed by atoms with Crippen molar-refractivity contribution in [3.8, 4) is 11.4 Å². The minimum Gasteiger partial charge on any atom is -0.324 e. The van der Waals surface area contributed by atoms with Gasteiger partial charge in [-0.3, -0.25) is 0 Å². The average molecular weight is 265 g/mol. The molecular weight excluding hydrogens is 248 g/mol. The molecule has 1 aromatic carbocycles. The molecule has 0 spiro atoms. The van der Waals surface area contributed by atoms with Crippen molar-refractivity contribution in [1.29, 1.82) is 0 Å². The Morgan fingerprint density at radius 3 is 2.72 bits per heavy atom. The summed E-state index contributed by atoms with van der Waals surface area (Å²) in [7, 11) is 0. The van der Waals surface area contributed by atoms with Crippen LogP contribution >= 0.6 is 11.6 Å². The van der Waals surface area contributed by atoms with Gasteiger partial charge in [-0.15, -0.1) is 10.2 Å². The Bertz CT molecular complexity index is 548. The van der Waals surface area contributed by atoms with Gasteiger partial charge in [-0.05, 0) is 37.1 Å². The third-order valence-corrected chi connectivity index (χ3v) is 3.12. The van der Waals surface area contributed by atoms with Crippen molar-refractivity contribution < 1.29 is 0 Å². The van der Waals surface area contributed by atoms with Gasteiger partial charge in [-0.25, -0.2) is 0 Å². The van der Waals surface area contributed by atoms with Gasteiger partial charge < -0.3 is 10.3 Å². The van der Waals surface area contributed by atoms with E-state index in [-0.39, 0.29) is 0 Å². The zero-order valence-corrected chi connectivity index (χ0v) is 11.4. The third-order valence-electron chi connectivity index (χ3n) is 2.89. The summed E-state index contributed by atoms with van der Waals surface area (Å²) in [6.45, 7) is 5.42. The lowest BCUT2D eigenvalue weighted by atomic mass is 10.1. The van der Waals surface area contributed by atoms with Crippen LogP contribution in [0.1, 0.15) is 24.7 Å². The number of benzene rings is 1. The molecule has 5 heteroatoms. The summed E-state index contributed by atoms with van der Waals surface area (Å²) in [5, 5.41) is 9.14. The normalized spacial score (nSPS) is 10.9. The SMILES string of the molecule is CCCn1c(CN)nnc1-c1ccc(Cl)cc1C. The molecule has 0 saturated heterocycles. The number of nitrogens with zero attached hydrogens (tertiary/aromatic N) is 3. The number of hydrogen-bond acceptors (Lipinski definition) is 3. The highest BCUT2D eigenvalue weighted by atomic mass is 35.5. The van der Waals surface area contributed by atoms with Crippen LogP contribution in [0.5, 0.6) is 0 Å². The Kier molecular flexibility index (Phi) is 3.99. The molecule has 0 aliphatic heterocycles. The second-order valence-corrected chi connectivity index (χ2v) is 4.69. The van der Waals surface area contributed by atoms with Crippen LogP contribution in [0.25, 0.3) is 11.4 Å². The summed E-state index contributed by atoms with van der Waals surface area (Å²) in [5.74, 6) is 1.69. The molecule has 0 amide bonds. The van der Waals surface area contributed by atoms with Crippen molar-refractivity contribution in [2.45, 2.75) is 33.4 Å². The molecule has 18 heavy (non-hydrogen) atoms. The molecule has 2 aromatic rings. The van der Waals surface area contributed by atoms with E-state index >= 15 is 0 Å². The lowest BCUT2D eigenvalue weighted by Crippen LogP contribution is -2.09. The van der Waals surface area contributed by atoms with Crippen LogP contribution in [0.15, 0.2) is 18.2 Å². The maximum Gasteiger partial charge on any atom is 0.164 e. The van der Waals surface area contributed by atoms with Crippen LogP contribution in [-0.2, 0) is 13.1 Å². The van der Waals surface area contributed by atoms with Crippen molar-refractivity contribution >= 4 is 11.6 Å². The molecule has 0 atom stereocenters. The summed E-state index contributed by atoms with van der Waals surface area (Å²) < 4.78 is 2.08. The molecule has 0 bridgehead atoms. The van der Waals surface area contributed by atoms with E-state index in [9.17, 15) is 0 Å². The van der Waals surface area contributed by atoms with Crippen molar-refractivity contribution in [3.05, 3.63) is 34.6 Å². The van der Waals surface area contributed by atoms with Gasteiger partial charge in [-0.2, -0.15) is 0 Å². The minimum atomic E-state index is 0.402. The third kappa shape index (κ3) is 2.40. The van der Waals surface area contributed by atoms with Crippen LogP contribution < -0.4 is 5.73 Å². The summed E-state index contributed by atoms with van der Waals surface area (Å²) in [4.78, 5) is 0. The monoisotopic (exact) mass is 264 g/mol. The topological polar surface area (TPSA) is 56.7 Å². The molecule has 0 radical (unpaired) electrons. The Hall–Kier alpha value is -1.39. The molecule has 0 aliphatic carbocycles. The van der Waals surface area contributed by atoms with E-state index in [1.165, 1.54) is 0 Å². The van der Waals surface area contributed by atoms with Crippen molar-refractivity contribution in [3.63, 3.8) is 0 Å². The highest BCUT2D eigenvalue weighted by Crippen LogP contribution is 2.25. The van der Waals surface area contributed by atoms with Gasteiger partial charge >= 0.3 is 0 Å². The summed E-state index contributed by atoms with van der Waals surface area (Å²) in [6.07, 6.45) is 1.02. The minimum absolute atomic E-state index is 0.402. The van der Waals surface area contributed by atoms with Gasteiger partial charge in [0.1, 0.15) is 5.82 Å². The molecule has 0 saturated carbocycles. The summed E-state index contributed by atoms with van der Waals surface area (Å²) >= 11 is 5.98. The van der Waals surface area contributed by atoms with Crippen molar-refractivity contribution in [2.75, 3.05) is 0 Å². The van der Waals surface area contributed by atoms with Gasteiger partial charge in [0.05, 0.1) is 6.54 Å². The van der Waals surface area contributed by atoms with Crippen LogP contribution in [0.2, 0.25) is 5.02 Å². The highest BCUT2D eigenvalue weighted by Gasteiger charge is 2.13. The molecule has 4 nitrogen and oxygen atoms in total. The first-order valence-electron chi connectivity index (χ1n) is 6.06. The van der Waals surface area contributed by atoms with E-state index in [2.05, 4.69) is 21.7 Å². The fraction of sp³-hybridized carbons (Fsp3) is 0.385. The second-order valence-electron chi connectivity index (χ2n) is 4.25. The van der Waals surface area contributed by atoms with E-state index in [1.54, 1.807) is 0 Å².